The molecule has 162 valence electrons. The van der Waals surface area contributed by atoms with Crippen LogP contribution in [-0.2, 0) is 11.2 Å². The molecule has 31 heavy (non-hydrogen) atoms. The topological polar surface area (TPSA) is 90.4 Å². The number of hydrogen-bond donors (Lipinski definition) is 1. The van der Waals surface area contributed by atoms with Crippen LogP contribution in [0.2, 0.25) is 0 Å². The second-order valence-corrected chi connectivity index (χ2v) is 7.92. The number of likely N-dealkylation sites (tertiary alicyclic amines) is 1. The smallest absolute Gasteiger partial charge is 0.417 e. The zero-order valence-corrected chi connectivity index (χ0v) is 17.3. The van der Waals surface area contributed by atoms with Crippen molar-refractivity contribution in [1.29, 1.82) is 0 Å². The van der Waals surface area contributed by atoms with Crippen molar-refractivity contribution in [2.75, 3.05) is 33.2 Å². The molecular formula is C23H25N3O5. The van der Waals surface area contributed by atoms with E-state index in [1.54, 1.807) is 24.3 Å². The number of ether oxygens (including phenoxy) is 1. The highest BCUT2D eigenvalue weighted by molar-refractivity contribution is 5.98. The van der Waals surface area contributed by atoms with E-state index in [0.29, 0.717) is 30.8 Å². The van der Waals surface area contributed by atoms with E-state index in [0.717, 1.165) is 23.6 Å². The number of carbonyl (C=O) groups is 3. The van der Waals surface area contributed by atoms with Gasteiger partial charge in [-0.3, -0.25) is 9.59 Å². The lowest BCUT2D eigenvalue weighted by atomic mass is 9.89. The fraction of sp³-hybridized carbons (Fsp3) is 0.348. The molecule has 2 unspecified atom stereocenters. The van der Waals surface area contributed by atoms with Gasteiger partial charge in [-0.25, -0.2) is 9.69 Å². The molecule has 0 radical (unpaired) electrons. The summed E-state index contributed by atoms with van der Waals surface area (Å²) >= 11 is 0. The van der Waals surface area contributed by atoms with Crippen molar-refractivity contribution in [2.45, 2.75) is 12.6 Å². The first kappa shape index (κ1) is 20.9. The summed E-state index contributed by atoms with van der Waals surface area (Å²) in [6.45, 7) is 3.06. The number of imide groups is 1. The lowest BCUT2D eigenvalue weighted by Gasteiger charge is -2.43. The molecular weight excluding hydrogens is 398 g/mol. The third-order valence-corrected chi connectivity index (χ3v) is 5.81. The predicted octanol–water partition coefficient (Wildman–Crippen LogP) is 2.16. The highest BCUT2D eigenvalue weighted by Gasteiger charge is 2.52. The minimum absolute atomic E-state index is 0.0346. The zero-order valence-electron chi connectivity index (χ0n) is 17.3. The van der Waals surface area contributed by atoms with E-state index in [2.05, 4.69) is 4.90 Å². The molecule has 2 saturated heterocycles. The maximum atomic E-state index is 12.7. The van der Waals surface area contributed by atoms with Crippen LogP contribution in [0.15, 0.2) is 54.6 Å². The van der Waals surface area contributed by atoms with Gasteiger partial charge < -0.3 is 19.6 Å². The molecule has 2 atom stereocenters. The molecule has 0 aromatic heterocycles. The Kier molecular flexibility index (Phi) is 5.90. The molecule has 0 bridgehead atoms. The molecule has 2 fully saturated rings. The average molecular weight is 423 g/mol. The second-order valence-electron chi connectivity index (χ2n) is 7.92. The summed E-state index contributed by atoms with van der Waals surface area (Å²) < 4.78 is 5.87. The van der Waals surface area contributed by atoms with Gasteiger partial charge in [0.15, 0.2) is 6.23 Å². The van der Waals surface area contributed by atoms with Crippen LogP contribution in [-0.4, -0.2) is 77.2 Å². The molecule has 8 nitrogen and oxygen atoms in total. The first-order valence-corrected chi connectivity index (χ1v) is 10.3. The number of likely N-dealkylation sites (N-methyl/N-ethyl adjacent to an activating group) is 1. The summed E-state index contributed by atoms with van der Waals surface area (Å²) in [7, 11) is 2.03. The maximum absolute atomic E-state index is 12.7. The van der Waals surface area contributed by atoms with Crippen molar-refractivity contribution in [1.82, 2.24) is 14.7 Å². The van der Waals surface area contributed by atoms with Crippen molar-refractivity contribution < 1.29 is 24.2 Å². The van der Waals surface area contributed by atoms with Crippen LogP contribution in [0.3, 0.4) is 0 Å². The van der Waals surface area contributed by atoms with Crippen LogP contribution in [0.25, 0.3) is 0 Å². The van der Waals surface area contributed by atoms with Crippen molar-refractivity contribution in [3.8, 4) is 5.75 Å². The van der Waals surface area contributed by atoms with Crippen LogP contribution in [0, 0.1) is 5.92 Å². The van der Waals surface area contributed by atoms with Gasteiger partial charge in [0.1, 0.15) is 5.75 Å². The van der Waals surface area contributed by atoms with E-state index in [4.69, 9.17) is 4.74 Å². The van der Waals surface area contributed by atoms with Gasteiger partial charge in [-0.1, -0.05) is 30.3 Å². The summed E-state index contributed by atoms with van der Waals surface area (Å²) in [5, 5.41) is 9.39. The van der Waals surface area contributed by atoms with E-state index in [1.165, 1.54) is 0 Å². The van der Waals surface area contributed by atoms with E-state index in [9.17, 15) is 19.5 Å². The Morgan fingerprint density at radius 1 is 1.00 bits per heavy atom. The van der Waals surface area contributed by atoms with Gasteiger partial charge in [0.05, 0.1) is 5.92 Å². The van der Waals surface area contributed by atoms with Gasteiger partial charge in [-0.15, -0.1) is 0 Å². The number of piperazine rings is 1. The molecule has 2 aromatic carbocycles. The highest BCUT2D eigenvalue weighted by atomic mass is 16.5. The molecule has 2 aliphatic heterocycles. The largest absolute Gasteiger partial charge is 0.469 e. The highest BCUT2D eigenvalue weighted by Crippen LogP contribution is 2.32. The molecule has 1 N–H and O–H groups in total. The molecule has 3 amide bonds. The number of benzene rings is 2. The molecule has 4 rings (SSSR count). The Balaban J connectivity index is 1.44. The fourth-order valence-corrected chi connectivity index (χ4v) is 3.93. The second kappa shape index (κ2) is 8.77. The Hall–Kier alpha value is -3.39. The number of nitrogens with zero attached hydrogens (tertiary/aromatic N) is 3. The number of carbonyl (C=O) groups excluding carboxylic acids is 2. The van der Waals surface area contributed by atoms with E-state index >= 15 is 0 Å². The Morgan fingerprint density at radius 3 is 2.26 bits per heavy atom. The maximum Gasteiger partial charge on any atom is 0.417 e. The number of carboxylic acid groups (broad SMARTS) is 1. The van der Waals surface area contributed by atoms with Crippen molar-refractivity contribution >= 4 is 17.9 Å². The summed E-state index contributed by atoms with van der Waals surface area (Å²) in [5.41, 5.74) is 1.49. The molecule has 0 aliphatic carbocycles. The lowest BCUT2D eigenvalue weighted by molar-refractivity contribution is -0.169. The molecule has 0 saturated carbocycles. The molecule has 0 spiro atoms. The first-order valence-electron chi connectivity index (χ1n) is 10.3. The summed E-state index contributed by atoms with van der Waals surface area (Å²) in [4.78, 5) is 41.3. The summed E-state index contributed by atoms with van der Waals surface area (Å²) in [5.74, 6) is -0.669. The zero-order chi connectivity index (χ0) is 22.0. The predicted molar refractivity (Wildman–Crippen MR) is 113 cm³/mol. The lowest BCUT2D eigenvalue weighted by Crippen LogP contribution is -2.65. The van der Waals surface area contributed by atoms with E-state index in [1.807, 2.05) is 42.3 Å². The number of amides is 3. The van der Waals surface area contributed by atoms with Crippen LogP contribution >= 0.6 is 0 Å². The number of β-lactam (4-membered cyclic amide) rings is 1. The average Bonchev–Trinajstić information content (AvgIpc) is 2.78. The SMILES string of the molecule is CN1CCN(C(=O)c2ccc(OC3C(Cc4ccccc4)C(=O)N3C(=O)O)cc2)CC1. The minimum atomic E-state index is -1.33. The quantitative estimate of drug-likeness (QED) is 0.742. The van der Waals surface area contributed by atoms with E-state index in [-0.39, 0.29) is 5.91 Å². The molecule has 2 aromatic rings. The Morgan fingerprint density at radius 2 is 1.65 bits per heavy atom. The van der Waals surface area contributed by atoms with Gasteiger partial charge in [-0.2, -0.15) is 0 Å². The van der Waals surface area contributed by atoms with Crippen LogP contribution in [0.1, 0.15) is 15.9 Å². The Labute approximate surface area is 180 Å². The summed E-state index contributed by atoms with van der Waals surface area (Å²) in [6.07, 6.45) is -1.83. The minimum Gasteiger partial charge on any atom is -0.469 e. The van der Waals surface area contributed by atoms with Crippen molar-refractivity contribution in [3.63, 3.8) is 0 Å². The molecule has 8 heteroatoms. The van der Waals surface area contributed by atoms with Gasteiger partial charge in [-0.05, 0) is 43.3 Å². The van der Waals surface area contributed by atoms with Gasteiger partial charge >= 0.3 is 6.09 Å². The number of rotatable bonds is 5. The van der Waals surface area contributed by atoms with Gasteiger partial charge in [0.25, 0.3) is 5.91 Å². The molecule has 2 aliphatic rings. The normalized spacial score (nSPS) is 21.5. The van der Waals surface area contributed by atoms with Crippen LogP contribution in [0.4, 0.5) is 4.79 Å². The van der Waals surface area contributed by atoms with Crippen LogP contribution < -0.4 is 4.74 Å². The van der Waals surface area contributed by atoms with E-state index < -0.39 is 24.1 Å². The fourth-order valence-electron chi connectivity index (χ4n) is 3.93. The summed E-state index contributed by atoms with van der Waals surface area (Å²) in [6, 6.07) is 16.1. The first-order chi connectivity index (χ1) is 14.9. The third kappa shape index (κ3) is 4.39. The van der Waals surface area contributed by atoms with Crippen LogP contribution in [0.5, 0.6) is 5.75 Å². The monoisotopic (exact) mass is 423 g/mol. The van der Waals surface area contributed by atoms with Crippen molar-refractivity contribution in [3.05, 3.63) is 65.7 Å². The Bertz CT molecular complexity index is 955. The molecule has 2 heterocycles. The van der Waals surface area contributed by atoms with Gasteiger partial charge in [0, 0.05) is 31.7 Å². The number of hydrogen-bond acceptors (Lipinski definition) is 5. The van der Waals surface area contributed by atoms with Crippen molar-refractivity contribution in [2.24, 2.45) is 5.92 Å². The van der Waals surface area contributed by atoms with Gasteiger partial charge in [0.2, 0.25) is 5.91 Å². The standard InChI is InChI=1S/C23H25N3O5/c1-24-11-13-25(14-12-24)20(27)17-7-9-18(10-8-17)31-22-19(21(28)26(22)23(29)30)15-16-5-3-2-4-6-16/h2-10,19,22H,11-15H2,1H3,(H,29,30). The third-order valence-electron chi connectivity index (χ3n) is 5.81.